The number of amides is 1. The first-order valence-electron chi connectivity index (χ1n) is 9.00. The van der Waals surface area contributed by atoms with E-state index < -0.39 is 15.7 Å². The molecule has 1 heterocycles. The summed E-state index contributed by atoms with van der Waals surface area (Å²) in [5.74, 6) is -0.128. The molecule has 1 aromatic heterocycles. The van der Waals surface area contributed by atoms with Crippen LogP contribution >= 0.6 is 0 Å². The van der Waals surface area contributed by atoms with Crippen LogP contribution < -0.4 is 22.1 Å². The maximum Gasteiger partial charge on any atom is 0.271 e. The second-order valence-electron chi connectivity index (χ2n) is 6.94. The summed E-state index contributed by atoms with van der Waals surface area (Å²) in [6, 6.07) is 6.30. The van der Waals surface area contributed by atoms with Crippen LogP contribution in [0.4, 0.5) is 17.3 Å². The molecule has 1 aliphatic rings. The average molecular weight is 404 g/mol. The topological polar surface area (TPSA) is 153 Å². The molecule has 150 valence electrons. The second-order valence-corrected chi connectivity index (χ2v) is 8.96. The van der Waals surface area contributed by atoms with Crippen LogP contribution in [0.25, 0.3) is 0 Å². The number of primary amides is 1. The molecule has 2 atom stereocenters. The molecule has 1 aromatic carbocycles. The minimum atomic E-state index is -3.37. The highest BCUT2D eigenvalue weighted by atomic mass is 32.2. The van der Waals surface area contributed by atoms with E-state index in [0.717, 1.165) is 31.9 Å². The lowest BCUT2D eigenvalue weighted by Gasteiger charge is -2.29. The van der Waals surface area contributed by atoms with Crippen molar-refractivity contribution in [1.29, 1.82) is 0 Å². The van der Waals surface area contributed by atoms with Crippen molar-refractivity contribution in [3.63, 3.8) is 0 Å². The van der Waals surface area contributed by atoms with Crippen LogP contribution in [0, 0.1) is 0 Å². The Morgan fingerprint density at radius 2 is 2.00 bits per heavy atom. The third-order valence-electron chi connectivity index (χ3n) is 4.68. The highest BCUT2D eigenvalue weighted by molar-refractivity contribution is 7.90. The third kappa shape index (κ3) is 4.76. The predicted octanol–water partition coefficient (Wildman–Crippen LogP) is 1.40. The number of carbonyl (C=O) groups excluding carboxylic acids is 1. The van der Waals surface area contributed by atoms with E-state index in [-0.39, 0.29) is 28.5 Å². The van der Waals surface area contributed by atoms with Gasteiger partial charge in [-0.15, -0.1) is 0 Å². The molecule has 3 rings (SSSR count). The molecule has 0 saturated heterocycles. The van der Waals surface area contributed by atoms with Gasteiger partial charge in [0.1, 0.15) is 5.82 Å². The Labute approximate surface area is 163 Å². The summed E-state index contributed by atoms with van der Waals surface area (Å²) < 4.78 is 23.5. The zero-order valence-electron chi connectivity index (χ0n) is 15.6. The van der Waals surface area contributed by atoms with E-state index >= 15 is 0 Å². The van der Waals surface area contributed by atoms with Crippen molar-refractivity contribution in [3.8, 4) is 0 Å². The van der Waals surface area contributed by atoms with Gasteiger partial charge in [-0.05, 0) is 31.0 Å². The highest BCUT2D eigenvalue weighted by Crippen LogP contribution is 2.24. The summed E-state index contributed by atoms with van der Waals surface area (Å²) in [6.45, 7) is 0. The van der Waals surface area contributed by atoms with Gasteiger partial charge in [-0.1, -0.05) is 18.9 Å². The number of nitrogens with one attached hydrogen (secondary N) is 2. The third-order valence-corrected chi connectivity index (χ3v) is 5.79. The van der Waals surface area contributed by atoms with Gasteiger partial charge >= 0.3 is 0 Å². The Morgan fingerprint density at radius 1 is 1.25 bits per heavy atom. The van der Waals surface area contributed by atoms with Gasteiger partial charge in [-0.2, -0.15) is 0 Å². The monoisotopic (exact) mass is 404 g/mol. The molecule has 6 N–H and O–H groups in total. The first-order chi connectivity index (χ1) is 13.2. The van der Waals surface area contributed by atoms with Crippen LogP contribution in [0.5, 0.6) is 0 Å². The molecule has 28 heavy (non-hydrogen) atoms. The zero-order valence-corrected chi connectivity index (χ0v) is 16.4. The smallest absolute Gasteiger partial charge is 0.271 e. The normalized spacial score (nSPS) is 19.8. The number of nitrogens with zero attached hydrogens (tertiary/aromatic N) is 2. The standard InChI is InChI=1S/C18H24N6O3S/c1-28(26,27)12-6-4-5-11(9-12)22-18-16(17(20)25)21-10-15(24-18)23-14-8-3-2-7-13(14)19/h4-6,9-10,13-14H,2-3,7-8,19H2,1H3,(H2,20,25)(H2,22,23,24)/t13-,14+/m0/s1. The fourth-order valence-electron chi connectivity index (χ4n) is 3.20. The minimum absolute atomic E-state index is 0.0224. The van der Waals surface area contributed by atoms with Crippen molar-refractivity contribution in [2.75, 3.05) is 16.9 Å². The summed E-state index contributed by atoms with van der Waals surface area (Å²) in [5, 5.41) is 6.22. The summed E-state index contributed by atoms with van der Waals surface area (Å²) in [7, 11) is -3.37. The lowest BCUT2D eigenvalue weighted by atomic mass is 9.91. The number of aromatic nitrogens is 2. The molecule has 0 bridgehead atoms. The van der Waals surface area contributed by atoms with Crippen molar-refractivity contribution in [1.82, 2.24) is 9.97 Å². The van der Waals surface area contributed by atoms with Gasteiger partial charge in [0, 0.05) is 24.0 Å². The van der Waals surface area contributed by atoms with Gasteiger partial charge in [0.25, 0.3) is 5.91 Å². The van der Waals surface area contributed by atoms with E-state index in [1.54, 1.807) is 12.1 Å². The van der Waals surface area contributed by atoms with E-state index in [2.05, 4.69) is 20.6 Å². The summed E-state index contributed by atoms with van der Waals surface area (Å²) >= 11 is 0. The van der Waals surface area contributed by atoms with Gasteiger partial charge in [0.15, 0.2) is 21.3 Å². The van der Waals surface area contributed by atoms with Crippen molar-refractivity contribution in [2.24, 2.45) is 11.5 Å². The molecule has 0 radical (unpaired) electrons. The van der Waals surface area contributed by atoms with Crippen LogP contribution in [0.1, 0.15) is 36.2 Å². The van der Waals surface area contributed by atoms with Gasteiger partial charge in [-0.3, -0.25) is 4.79 Å². The van der Waals surface area contributed by atoms with Crippen molar-refractivity contribution >= 4 is 33.1 Å². The molecular formula is C18H24N6O3S. The van der Waals surface area contributed by atoms with Gasteiger partial charge in [0.2, 0.25) is 0 Å². The van der Waals surface area contributed by atoms with Crippen LogP contribution in [0.15, 0.2) is 35.4 Å². The van der Waals surface area contributed by atoms with Crippen molar-refractivity contribution < 1.29 is 13.2 Å². The number of hydrogen-bond acceptors (Lipinski definition) is 8. The van der Waals surface area contributed by atoms with E-state index in [1.807, 2.05) is 0 Å². The minimum Gasteiger partial charge on any atom is -0.364 e. The van der Waals surface area contributed by atoms with Gasteiger partial charge in [0.05, 0.1) is 11.1 Å². The largest absolute Gasteiger partial charge is 0.364 e. The lowest BCUT2D eigenvalue weighted by Crippen LogP contribution is -2.42. The molecule has 1 saturated carbocycles. The molecular weight excluding hydrogens is 380 g/mol. The van der Waals surface area contributed by atoms with E-state index in [9.17, 15) is 13.2 Å². The van der Waals surface area contributed by atoms with Crippen LogP contribution in [0.3, 0.4) is 0 Å². The number of carbonyl (C=O) groups is 1. The first kappa shape index (κ1) is 20.0. The quantitative estimate of drug-likeness (QED) is 0.563. The predicted molar refractivity (Wildman–Crippen MR) is 107 cm³/mol. The Bertz CT molecular complexity index is 979. The van der Waals surface area contributed by atoms with Gasteiger partial charge < -0.3 is 22.1 Å². The van der Waals surface area contributed by atoms with Crippen LogP contribution in [-0.2, 0) is 9.84 Å². The van der Waals surface area contributed by atoms with Crippen molar-refractivity contribution in [3.05, 3.63) is 36.2 Å². The highest BCUT2D eigenvalue weighted by Gasteiger charge is 2.23. The average Bonchev–Trinajstić information content (AvgIpc) is 2.63. The van der Waals surface area contributed by atoms with E-state index in [4.69, 9.17) is 11.5 Å². The summed E-state index contributed by atoms with van der Waals surface area (Å²) in [4.78, 5) is 20.4. The zero-order chi connectivity index (χ0) is 20.3. The molecule has 10 heteroatoms. The van der Waals surface area contributed by atoms with E-state index in [0.29, 0.717) is 11.5 Å². The molecule has 1 fully saturated rings. The fraction of sp³-hybridized carbons (Fsp3) is 0.389. The lowest BCUT2D eigenvalue weighted by molar-refractivity contribution is 0.0996. The second kappa shape index (κ2) is 8.11. The molecule has 2 aromatic rings. The molecule has 9 nitrogen and oxygen atoms in total. The number of benzene rings is 1. The Morgan fingerprint density at radius 3 is 2.68 bits per heavy atom. The number of hydrogen-bond donors (Lipinski definition) is 4. The Hall–Kier alpha value is -2.72. The number of anilines is 3. The molecule has 1 amide bonds. The van der Waals surface area contributed by atoms with E-state index in [1.165, 1.54) is 18.3 Å². The fourth-order valence-corrected chi connectivity index (χ4v) is 3.86. The Balaban J connectivity index is 1.89. The summed E-state index contributed by atoms with van der Waals surface area (Å²) in [5.41, 5.74) is 12.0. The maximum absolute atomic E-state index is 11.8. The van der Waals surface area contributed by atoms with Crippen LogP contribution in [-0.4, -0.2) is 42.6 Å². The SMILES string of the molecule is CS(=O)(=O)c1cccc(Nc2nc(N[C@@H]3CCCC[C@@H]3N)cnc2C(N)=O)c1. The Kier molecular flexibility index (Phi) is 5.80. The van der Waals surface area contributed by atoms with Crippen molar-refractivity contribution in [2.45, 2.75) is 42.7 Å². The van der Waals surface area contributed by atoms with Gasteiger partial charge in [-0.25, -0.2) is 18.4 Å². The molecule has 1 aliphatic carbocycles. The number of rotatable bonds is 6. The summed E-state index contributed by atoms with van der Waals surface area (Å²) in [6.07, 6.45) is 6.63. The van der Waals surface area contributed by atoms with Crippen LogP contribution in [0.2, 0.25) is 0 Å². The molecule has 0 unspecified atom stereocenters. The number of sulfone groups is 1. The number of nitrogens with two attached hydrogens (primary N) is 2. The maximum atomic E-state index is 11.8. The molecule has 0 spiro atoms. The first-order valence-corrected chi connectivity index (χ1v) is 10.9. The molecule has 0 aliphatic heterocycles.